The molecule has 1 aromatic carbocycles. The summed E-state index contributed by atoms with van der Waals surface area (Å²) in [6, 6.07) is 4.81. The predicted octanol–water partition coefficient (Wildman–Crippen LogP) is 3.10. The van der Waals surface area contributed by atoms with E-state index in [1.54, 1.807) is 6.92 Å². The third-order valence-corrected chi connectivity index (χ3v) is 6.31. The molecule has 2 aromatic rings. The Morgan fingerprint density at radius 2 is 2.14 bits per heavy atom. The lowest BCUT2D eigenvalue weighted by Gasteiger charge is -2.37. The van der Waals surface area contributed by atoms with Crippen molar-refractivity contribution in [3.05, 3.63) is 75.7 Å². The number of hydrogen-bond donors (Lipinski definition) is 2. The molecule has 0 spiro atoms. The van der Waals surface area contributed by atoms with Gasteiger partial charge in [0, 0.05) is 41.6 Å². The summed E-state index contributed by atoms with van der Waals surface area (Å²) in [5, 5.41) is 12.4. The number of aliphatic imine (C=N–C) groups is 1. The summed E-state index contributed by atoms with van der Waals surface area (Å²) in [4.78, 5) is 35.2. The number of pyridine rings is 1. The number of benzene rings is 1. The Bertz CT molecular complexity index is 1260. The third-order valence-electron chi connectivity index (χ3n) is 5.98. The first kappa shape index (κ1) is 26.6. The van der Waals surface area contributed by atoms with E-state index in [9.17, 15) is 23.5 Å². The second-order valence-electron chi connectivity index (χ2n) is 8.41. The number of nitrogens with one attached hydrogen (secondary N) is 1. The number of aliphatic carboxylic acids is 1. The number of rotatable bonds is 8. The number of amidine groups is 1. The van der Waals surface area contributed by atoms with Crippen molar-refractivity contribution in [3.8, 4) is 0 Å². The summed E-state index contributed by atoms with van der Waals surface area (Å²) >= 11 is 6.37. The molecule has 4 rings (SSSR count). The van der Waals surface area contributed by atoms with E-state index in [1.807, 2.05) is 4.90 Å². The Balaban J connectivity index is 1.85. The minimum Gasteiger partial charge on any atom is -0.481 e. The first-order valence-corrected chi connectivity index (χ1v) is 12.0. The molecule has 37 heavy (non-hydrogen) atoms. The van der Waals surface area contributed by atoms with Crippen LogP contribution in [0.15, 0.2) is 52.8 Å². The molecule has 2 aliphatic rings. The molecule has 2 unspecified atom stereocenters. The van der Waals surface area contributed by atoms with E-state index < -0.39 is 35.7 Å². The molecule has 2 atom stereocenters. The zero-order valence-electron chi connectivity index (χ0n) is 19.9. The predicted molar refractivity (Wildman–Crippen MR) is 130 cm³/mol. The minimum absolute atomic E-state index is 0.0211. The summed E-state index contributed by atoms with van der Waals surface area (Å²) < 4.78 is 39.4. The molecule has 1 saturated heterocycles. The highest BCUT2D eigenvalue weighted by Gasteiger charge is 2.36. The molecule has 0 saturated carbocycles. The highest BCUT2D eigenvalue weighted by Crippen LogP contribution is 2.37. The van der Waals surface area contributed by atoms with Gasteiger partial charge in [-0.1, -0.05) is 17.7 Å². The van der Waals surface area contributed by atoms with Gasteiger partial charge >= 0.3 is 11.9 Å². The number of carbonyl (C=O) groups is 2. The smallest absolute Gasteiger partial charge is 0.338 e. The molecule has 0 bridgehead atoms. The van der Waals surface area contributed by atoms with Gasteiger partial charge in [0.15, 0.2) is 11.7 Å². The van der Waals surface area contributed by atoms with Gasteiger partial charge in [-0.25, -0.2) is 18.6 Å². The van der Waals surface area contributed by atoms with E-state index in [0.29, 0.717) is 24.4 Å². The second kappa shape index (κ2) is 11.8. The summed E-state index contributed by atoms with van der Waals surface area (Å²) in [5.74, 6) is -2.87. The Morgan fingerprint density at radius 3 is 2.84 bits per heavy atom. The van der Waals surface area contributed by atoms with Crippen LogP contribution in [0.3, 0.4) is 0 Å². The SMILES string of the molecule is CCOC(=O)C1=C(CN2CCOCC2CC(=O)O)NC(c2ncccc2F)=NC1c1ccc(F)cc1Cl. The van der Waals surface area contributed by atoms with E-state index in [2.05, 4.69) is 15.3 Å². The van der Waals surface area contributed by atoms with E-state index >= 15 is 0 Å². The van der Waals surface area contributed by atoms with Crippen LogP contribution in [0.1, 0.15) is 30.6 Å². The van der Waals surface area contributed by atoms with Gasteiger partial charge in [-0.15, -0.1) is 0 Å². The third kappa shape index (κ3) is 6.12. The van der Waals surface area contributed by atoms with Gasteiger partial charge in [0.25, 0.3) is 0 Å². The lowest BCUT2D eigenvalue weighted by Crippen LogP contribution is -2.49. The molecule has 0 aliphatic carbocycles. The number of carboxylic acid groups (broad SMARTS) is 1. The maximum atomic E-state index is 14.7. The number of carbonyl (C=O) groups excluding carboxylic acids is 1. The van der Waals surface area contributed by atoms with Crippen molar-refractivity contribution in [1.82, 2.24) is 15.2 Å². The van der Waals surface area contributed by atoms with Crippen molar-refractivity contribution in [3.63, 3.8) is 0 Å². The molecule has 9 nitrogen and oxygen atoms in total. The van der Waals surface area contributed by atoms with Crippen LogP contribution in [0.25, 0.3) is 0 Å². The summed E-state index contributed by atoms with van der Waals surface area (Å²) in [6.07, 6.45) is 1.22. The van der Waals surface area contributed by atoms with Gasteiger partial charge in [-0.05, 0) is 31.2 Å². The molecular weight excluding hydrogens is 510 g/mol. The van der Waals surface area contributed by atoms with Crippen molar-refractivity contribution in [1.29, 1.82) is 0 Å². The lowest BCUT2D eigenvalue weighted by molar-refractivity contribution is -0.141. The number of ether oxygens (including phenoxy) is 2. The Hall–Kier alpha value is -3.41. The van der Waals surface area contributed by atoms with Gasteiger partial charge in [0.05, 0.1) is 31.8 Å². The molecule has 3 heterocycles. The standard InChI is InChI=1S/C25H25ClF2N4O5/c1-2-37-25(35)21-19(12-32-8-9-36-13-15(32)11-20(33)34)30-24(23-18(28)4-3-7-29-23)31-22(21)16-6-5-14(27)10-17(16)26/h3-7,10,15,22H,2,8-9,11-13H2,1H3,(H,30,31)(H,33,34). The van der Waals surface area contributed by atoms with Crippen LogP contribution in [-0.2, 0) is 19.1 Å². The number of halogens is 3. The van der Waals surface area contributed by atoms with Crippen molar-refractivity contribution in [2.75, 3.05) is 32.9 Å². The maximum Gasteiger partial charge on any atom is 0.338 e. The zero-order valence-corrected chi connectivity index (χ0v) is 20.7. The van der Waals surface area contributed by atoms with Crippen molar-refractivity contribution in [2.45, 2.75) is 25.4 Å². The largest absolute Gasteiger partial charge is 0.481 e. The molecule has 1 fully saturated rings. The van der Waals surface area contributed by atoms with Gasteiger partial charge in [-0.2, -0.15) is 0 Å². The molecule has 12 heteroatoms. The molecule has 0 amide bonds. The van der Waals surface area contributed by atoms with Crippen LogP contribution in [0.2, 0.25) is 5.02 Å². The Labute approximate surface area is 216 Å². The average molecular weight is 535 g/mol. The summed E-state index contributed by atoms with van der Waals surface area (Å²) in [5.41, 5.74) is 0.630. The van der Waals surface area contributed by atoms with Crippen LogP contribution in [0.5, 0.6) is 0 Å². The lowest BCUT2D eigenvalue weighted by atomic mass is 9.94. The molecule has 2 aliphatic heterocycles. The first-order valence-electron chi connectivity index (χ1n) is 11.6. The molecule has 2 N–H and O–H groups in total. The fraction of sp³-hybridized carbons (Fsp3) is 0.360. The van der Waals surface area contributed by atoms with Gasteiger partial charge in [-0.3, -0.25) is 14.7 Å². The fourth-order valence-corrected chi connectivity index (χ4v) is 4.56. The number of morpholine rings is 1. The Morgan fingerprint density at radius 1 is 1.32 bits per heavy atom. The van der Waals surface area contributed by atoms with E-state index in [0.717, 1.165) is 6.07 Å². The van der Waals surface area contributed by atoms with E-state index in [1.165, 1.54) is 30.5 Å². The van der Waals surface area contributed by atoms with Crippen LogP contribution in [0.4, 0.5) is 8.78 Å². The van der Waals surface area contributed by atoms with E-state index in [4.69, 9.17) is 21.1 Å². The minimum atomic E-state index is -1.07. The molecule has 1 aromatic heterocycles. The monoisotopic (exact) mass is 534 g/mol. The van der Waals surface area contributed by atoms with Gasteiger partial charge < -0.3 is 19.9 Å². The number of carboxylic acids is 1. The quantitative estimate of drug-likeness (QED) is 0.497. The highest BCUT2D eigenvalue weighted by molar-refractivity contribution is 6.31. The number of esters is 1. The fourth-order valence-electron chi connectivity index (χ4n) is 4.29. The van der Waals surface area contributed by atoms with Crippen molar-refractivity contribution < 1.29 is 33.0 Å². The summed E-state index contributed by atoms with van der Waals surface area (Å²) in [6.45, 7) is 2.75. The van der Waals surface area contributed by atoms with Crippen molar-refractivity contribution in [2.24, 2.45) is 4.99 Å². The van der Waals surface area contributed by atoms with Gasteiger partial charge in [0.2, 0.25) is 0 Å². The number of aromatic nitrogens is 1. The molecular formula is C25H25ClF2N4O5. The van der Waals surface area contributed by atoms with Gasteiger partial charge in [0.1, 0.15) is 17.6 Å². The molecule has 0 radical (unpaired) electrons. The topological polar surface area (TPSA) is 113 Å². The Kier molecular flexibility index (Phi) is 8.47. The second-order valence-corrected chi connectivity index (χ2v) is 8.82. The van der Waals surface area contributed by atoms with Crippen LogP contribution in [-0.4, -0.2) is 71.7 Å². The average Bonchev–Trinajstić information content (AvgIpc) is 2.85. The highest BCUT2D eigenvalue weighted by atomic mass is 35.5. The van der Waals surface area contributed by atoms with Crippen LogP contribution < -0.4 is 5.32 Å². The maximum absolute atomic E-state index is 14.7. The normalized spacial score (nSPS) is 20.3. The van der Waals surface area contributed by atoms with Crippen molar-refractivity contribution >= 4 is 29.4 Å². The summed E-state index contributed by atoms with van der Waals surface area (Å²) in [7, 11) is 0. The van der Waals surface area contributed by atoms with E-state index in [-0.39, 0.29) is 48.3 Å². The zero-order chi connectivity index (χ0) is 26.5. The number of hydrogen-bond acceptors (Lipinski definition) is 8. The first-order chi connectivity index (χ1) is 17.8. The molecule has 196 valence electrons. The van der Waals surface area contributed by atoms with Crippen LogP contribution in [0, 0.1) is 11.6 Å². The van der Waals surface area contributed by atoms with Crippen LogP contribution >= 0.6 is 11.6 Å². The number of nitrogens with zero attached hydrogens (tertiary/aromatic N) is 3.